The minimum Gasteiger partial charge on any atom is -0.481 e. The van der Waals surface area contributed by atoms with Crippen molar-refractivity contribution >= 4 is 5.82 Å². The number of ether oxygens (including phenoxy) is 3. The Hall–Kier alpha value is -1.40. The van der Waals surface area contributed by atoms with Crippen molar-refractivity contribution in [2.24, 2.45) is 5.92 Å². The van der Waals surface area contributed by atoms with Gasteiger partial charge in [0.25, 0.3) is 0 Å². The van der Waals surface area contributed by atoms with Gasteiger partial charge in [-0.3, -0.25) is 0 Å². The Kier molecular flexibility index (Phi) is 4.11. The molecule has 2 saturated heterocycles. The summed E-state index contributed by atoms with van der Waals surface area (Å²) < 4.78 is 17.5. The molecule has 6 heteroatoms. The first-order valence-corrected chi connectivity index (χ1v) is 8.63. The molecule has 1 aromatic heterocycles. The topological polar surface area (TPSA) is 56.7 Å². The molecule has 1 saturated carbocycles. The van der Waals surface area contributed by atoms with Crippen LogP contribution in [-0.4, -0.2) is 55.1 Å². The molecule has 0 radical (unpaired) electrons. The molecule has 2 aliphatic heterocycles. The summed E-state index contributed by atoms with van der Waals surface area (Å²) in [6.07, 6.45) is 7.71. The average Bonchev–Trinajstić information content (AvgIpc) is 3.35. The van der Waals surface area contributed by atoms with E-state index in [1.165, 1.54) is 12.8 Å². The van der Waals surface area contributed by atoms with Gasteiger partial charge in [-0.15, -0.1) is 0 Å². The van der Waals surface area contributed by atoms with Crippen LogP contribution in [0.1, 0.15) is 32.1 Å². The van der Waals surface area contributed by atoms with Gasteiger partial charge in [-0.25, -0.2) is 9.97 Å². The van der Waals surface area contributed by atoms with Gasteiger partial charge in [0.05, 0.1) is 25.4 Å². The van der Waals surface area contributed by atoms with Crippen LogP contribution in [0.4, 0.5) is 5.82 Å². The molecule has 1 spiro atoms. The fourth-order valence-corrected chi connectivity index (χ4v) is 3.66. The van der Waals surface area contributed by atoms with Crippen molar-refractivity contribution in [1.29, 1.82) is 0 Å². The summed E-state index contributed by atoms with van der Waals surface area (Å²) in [5.41, 5.74) is -0.0787. The largest absolute Gasteiger partial charge is 0.481 e. The van der Waals surface area contributed by atoms with Gasteiger partial charge in [-0.2, -0.15) is 0 Å². The lowest BCUT2D eigenvalue weighted by Gasteiger charge is -2.40. The molecule has 2 atom stereocenters. The van der Waals surface area contributed by atoms with Crippen LogP contribution in [0, 0.1) is 5.92 Å². The van der Waals surface area contributed by atoms with Gasteiger partial charge < -0.3 is 19.1 Å². The Morgan fingerprint density at radius 1 is 1.39 bits per heavy atom. The number of nitrogens with zero attached hydrogens (tertiary/aromatic N) is 3. The monoisotopic (exact) mass is 319 g/mol. The van der Waals surface area contributed by atoms with Crippen LogP contribution in [0.3, 0.4) is 0 Å². The number of piperidine rings is 1. The predicted octanol–water partition coefficient (Wildman–Crippen LogP) is 2.04. The highest BCUT2D eigenvalue weighted by Crippen LogP contribution is 2.38. The fourth-order valence-electron chi connectivity index (χ4n) is 3.66. The summed E-state index contributed by atoms with van der Waals surface area (Å²) in [7, 11) is 1.63. The van der Waals surface area contributed by atoms with Crippen molar-refractivity contribution in [2.45, 2.75) is 43.8 Å². The summed E-state index contributed by atoms with van der Waals surface area (Å²) >= 11 is 0. The maximum atomic E-state index is 6.21. The molecule has 3 aliphatic rings. The van der Waals surface area contributed by atoms with Crippen LogP contribution in [0.15, 0.2) is 12.4 Å². The minimum atomic E-state index is -0.0787. The van der Waals surface area contributed by atoms with Crippen molar-refractivity contribution in [3.8, 4) is 5.88 Å². The molecule has 0 N–H and O–H groups in total. The molecular weight excluding hydrogens is 294 g/mol. The summed E-state index contributed by atoms with van der Waals surface area (Å²) in [5.74, 6) is 2.33. The molecule has 23 heavy (non-hydrogen) atoms. The van der Waals surface area contributed by atoms with Crippen LogP contribution in [0.5, 0.6) is 5.88 Å². The molecular formula is C17H25N3O3. The Labute approximate surface area is 137 Å². The Bertz CT molecular complexity index is 552. The van der Waals surface area contributed by atoms with Crippen molar-refractivity contribution in [3.05, 3.63) is 12.4 Å². The van der Waals surface area contributed by atoms with Crippen LogP contribution in [-0.2, 0) is 9.47 Å². The standard InChI is InChI=1S/C17H25N3O3/c1-21-16-7-15(18-12-19-16)20-6-2-5-17(11-20)8-14(10-23-17)22-9-13-3-4-13/h7,12-14H,2-6,8-11H2,1H3/t14-,17-/m1/s1. The van der Waals surface area contributed by atoms with Crippen molar-refractivity contribution < 1.29 is 14.2 Å². The zero-order valence-corrected chi connectivity index (χ0v) is 13.7. The van der Waals surface area contributed by atoms with Gasteiger partial charge in [-0.05, 0) is 31.6 Å². The lowest BCUT2D eigenvalue weighted by molar-refractivity contribution is -0.0130. The zero-order chi connectivity index (χ0) is 15.7. The van der Waals surface area contributed by atoms with E-state index in [9.17, 15) is 0 Å². The molecule has 0 aromatic carbocycles. The molecule has 6 nitrogen and oxygen atoms in total. The average molecular weight is 319 g/mol. The molecule has 0 unspecified atom stereocenters. The van der Waals surface area contributed by atoms with E-state index in [0.29, 0.717) is 5.88 Å². The van der Waals surface area contributed by atoms with Crippen LogP contribution < -0.4 is 9.64 Å². The third-order valence-electron chi connectivity index (χ3n) is 5.14. The van der Waals surface area contributed by atoms with E-state index >= 15 is 0 Å². The second kappa shape index (κ2) is 6.24. The van der Waals surface area contributed by atoms with Crippen molar-refractivity contribution in [2.75, 3.05) is 38.3 Å². The fraction of sp³-hybridized carbons (Fsp3) is 0.765. The molecule has 126 valence electrons. The zero-order valence-electron chi connectivity index (χ0n) is 13.7. The summed E-state index contributed by atoms with van der Waals surface area (Å²) in [6.45, 7) is 3.51. The van der Waals surface area contributed by atoms with Crippen LogP contribution >= 0.6 is 0 Å². The number of rotatable bonds is 5. The van der Waals surface area contributed by atoms with Gasteiger partial charge in [0.2, 0.25) is 5.88 Å². The van der Waals surface area contributed by atoms with E-state index in [0.717, 1.165) is 57.3 Å². The number of hydrogen-bond donors (Lipinski definition) is 0. The Balaban J connectivity index is 1.40. The van der Waals surface area contributed by atoms with E-state index in [4.69, 9.17) is 14.2 Å². The third kappa shape index (κ3) is 3.43. The number of aromatic nitrogens is 2. The second-order valence-electron chi connectivity index (χ2n) is 7.04. The first-order chi connectivity index (χ1) is 11.3. The van der Waals surface area contributed by atoms with Crippen molar-refractivity contribution in [3.63, 3.8) is 0 Å². The molecule has 4 rings (SSSR count). The van der Waals surface area contributed by atoms with Crippen LogP contribution in [0.25, 0.3) is 0 Å². The number of hydrogen-bond acceptors (Lipinski definition) is 6. The molecule has 3 fully saturated rings. The smallest absolute Gasteiger partial charge is 0.218 e. The van der Waals surface area contributed by atoms with Crippen LogP contribution in [0.2, 0.25) is 0 Å². The molecule has 3 heterocycles. The Morgan fingerprint density at radius 2 is 2.30 bits per heavy atom. The maximum absolute atomic E-state index is 6.21. The van der Waals surface area contributed by atoms with E-state index in [-0.39, 0.29) is 11.7 Å². The highest BCUT2D eigenvalue weighted by atomic mass is 16.6. The quantitative estimate of drug-likeness (QED) is 0.828. The van der Waals surface area contributed by atoms with Gasteiger partial charge in [0, 0.05) is 32.2 Å². The number of methoxy groups -OCH3 is 1. The molecule has 0 amide bonds. The summed E-state index contributed by atoms with van der Waals surface area (Å²) in [5, 5.41) is 0. The minimum absolute atomic E-state index is 0.0787. The van der Waals surface area contributed by atoms with Crippen molar-refractivity contribution in [1.82, 2.24) is 9.97 Å². The van der Waals surface area contributed by atoms with E-state index < -0.39 is 0 Å². The Morgan fingerprint density at radius 3 is 3.13 bits per heavy atom. The second-order valence-corrected chi connectivity index (χ2v) is 7.04. The lowest BCUT2D eigenvalue weighted by atomic mass is 9.89. The first kappa shape index (κ1) is 15.1. The molecule has 0 bridgehead atoms. The number of anilines is 1. The van der Waals surface area contributed by atoms with Gasteiger partial charge in [0.15, 0.2) is 0 Å². The van der Waals surface area contributed by atoms with E-state index in [2.05, 4.69) is 14.9 Å². The summed E-state index contributed by atoms with van der Waals surface area (Å²) in [6, 6.07) is 1.90. The molecule has 1 aromatic rings. The molecule has 1 aliphatic carbocycles. The highest BCUT2D eigenvalue weighted by Gasteiger charge is 2.44. The predicted molar refractivity (Wildman–Crippen MR) is 85.8 cm³/mol. The van der Waals surface area contributed by atoms with Gasteiger partial charge >= 0.3 is 0 Å². The van der Waals surface area contributed by atoms with E-state index in [1.807, 2.05) is 6.07 Å². The highest BCUT2D eigenvalue weighted by molar-refractivity contribution is 5.42. The van der Waals surface area contributed by atoms with Gasteiger partial charge in [0.1, 0.15) is 12.1 Å². The maximum Gasteiger partial charge on any atom is 0.218 e. The SMILES string of the molecule is COc1cc(N2CCC[C@@]3(C[C@@H](OCC4CC4)CO3)C2)ncn1. The van der Waals surface area contributed by atoms with E-state index in [1.54, 1.807) is 13.4 Å². The lowest BCUT2D eigenvalue weighted by Crippen LogP contribution is -2.48. The first-order valence-electron chi connectivity index (χ1n) is 8.63. The normalized spacial score (nSPS) is 30.8. The third-order valence-corrected chi connectivity index (χ3v) is 5.14. The summed E-state index contributed by atoms with van der Waals surface area (Å²) in [4.78, 5) is 10.8. The van der Waals surface area contributed by atoms with Gasteiger partial charge in [-0.1, -0.05) is 0 Å².